The number of hydrogen-bond acceptors (Lipinski definition) is 3. The third kappa shape index (κ3) is 5.45. The van der Waals surface area contributed by atoms with E-state index in [4.69, 9.17) is 15.2 Å². The Bertz CT molecular complexity index is 1610. The first-order valence-electron chi connectivity index (χ1n) is 14.0. The van der Waals surface area contributed by atoms with E-state index in [1.165, 1.54) is 0 Å². The number of anilines is 1. The van der Waals surface area contributed by atoms with E-state index in [2.05, 4.69) is 103 Å². The minimum absolute atomic E-state index is 0.469. The first kappa shape index (κ1) is 26.4. The average Bonchev–Trinajstić information content (AvgIpc) is 3.05. The molecule has 0 aliphatic heterocycles. The van der Waals surface area contributed by atoms with E-state index in [0.29, 0.717) is 25.3 Å². The highest BCUT2D eigenvalue weighted by Crippen LogP contribution is 2.41. The number of nitrogens with two attached hydrogens (primary N) is 1. The second-order valence-electron chi connectivity index (χ2n) is 10.1. The molecular formula is C38H33NO2. The zero-order valence-corrected chi connectivity index (χ0v) is 22.9. The Labute approximate surface area is 241 Å². The first-order chi connectivity index (χ1) is 20.3. The van der Waals surface area contributed by atoms with E-state index in [1.807, 2.05) is 48.5 Å². The molecule has 0 unspecified atom stereocenters. The highest BCUT2D eigenvalue weighted by Gasteiger charge is 2.37. The lowest BCUT2D eigenvalue weighted by molar-refractivity contribution is 0.0149. The Balaban J connectivity index is 1.35. The van der Waals surface area contributed by atoms with Gasteiger partial charge < -0.3 is 15.2 Å². The number of hydrogen-bond donors (Lipinski definition) is 1. The molecule has 6 aromatic rings. The van der Waals surface area contributed by atoms with Gasteiger partial charge >= 0.3 is 0 Å². The van der Waals surface area contributed by atoms with Crippen LogP contribution >= 0.6 is 0 Å². The molecule has 0 aliphatic carbocycles. The summed E-state index contributed by atoms with van der Waals surface area (Å²) in [6.07, 6.45) is 0.652. The largest absolute Gasteiger partial charge is 0.488 e. The van der Waals surface area contributed by atoms with Crippen LogP contribution in [-0.4, -0.2) is 6.61 Å². The second kappa shape index (κ2) is 12.1. The Kier molecular flexibility index (Phi) is 7.79. The molecule has 6 aromatic carbocycles. The van der Waals surface area contributed by atoms with Crippen LogP contribution in [0.2, 0.25) is 0 Å². The quantitative estimate of drug-likeness (QED) is 0.141. The zero-order chi connectivity index (χ0) is 27.9. The molecule has 2 N–H and O–H groups in total. The van der Waals surface area contributed by atoms with Crippen molar-refractivity contribution in [1.29, 1.82) is 0 Å². The van der Waals surface area contributed by atoms with Crippen molar-refractivity contribution in [3.8, 4) is 5.75 Å². The summed E-state index contributed by atoms with van der Waals surface area (Å²) in [7, 11) is 0. The predicted molar refractivity (Wildman–Crippen MR) is 168 cm³/mol. The number of rotatable bonds is 10. The molecule has 0 atom stereocenters. The fourth-order valence-corrected chi connectivity index (χ4v) is 5.63. The molecule has 0 radical (unpaired) electrons. The van der Waals surface area contributed by atoms with E-state index < -0.39 is 5.60 Å². The van der Waals surface area contributed by atoms with E-state index in [9.17, 15) is 0 Å². The van der Waals surface area contributed by atoms with Gasteiger partial charge in [-0.1, -0.05) is 146 Å². The van der Waals surface area contributed by atoms with Gasteiger partial charge in [0.2, 0.25) is 0 Å². The summed E-state index contributed by atoms with van der Waals surface area (Å²) >= 11 is 0. The van der Waals surface area contributed by atoms with Crippen LogP contribution in [0.25, 0.3) is 10.8 Å². The van der Waals surface area contributed by atoms with Crippen LogP contribution in [-0.2, 0) is 23.4 Å². The molecule has 41 heavy (non-hydrogen) atoms. The van der Waals surface area contributed by atoms with Crippen molar-refractivity contribution >= 4 is 16.5 Å². The van der Waals surface area contributed by atoms with Gasteiger partial charge in [-0.05, 0) is 39.6 Å². The van der Waals surface area contributed by atoms with Crippen LogP contribution in [0.5, 0.6) is 5.75 Å². The summed E-state index contributed by atoms with van der Waals surface area (Å²) in [5.74, 6) is 0.791. The molecule has 0 bridgehead atoms. The SMILES string of the molecule is Nc1cc(OCc2ccccc2)c2ccccc2c1CCOC(c1ccccc1)(c1ccccc1)c1ccccc1. The molecule has 6 rings (SSSR count). The number of nitrogen functional groups attached to an aromatic ring is 1. The molecule has 0 aromatic heterocycles. The summed E-state index contributed by atoms with van der Waals surface area (Å²) < 4.78 is 13.3. The molecule has 3 heteroatoms. The van der Waals surface area contributed by atoms with Gasteiger partial charge in [-0.3, -0.25) is 0 Å². The molecule has 0 saturated heterocycles. The summed E-state index contributed by atoms with van der Waals surface area (Å²) in [6, 6.07) is 51.8. The third-order valence-corrected chi connectivity index (χ3v) is 7.60. The maximum atomic E-state index is 7.04. The van der Waals surface area contributed by atoms with E-state index in [0.717, 1.165) is 44.3 Å². The van der Waals surface area contributed by atoms with Gasteiger partial charge in [0.1, 0.15) is 18.0 Å². The van der Waals surface area contributed by atoms with Gasteiger partial charge in [-0.25, -0.2) is 0 Å². The molecule has 0 aliphatic rings. The first-order valence-corrected chi connectivity index (χ1v) is 14.0. The fraction of sp³-hybridized carbons (Fsp3) is 0.105. The van der Waals surface area contributed by atoms with Crippen LogP contribution in [0.15, 0.2) is 152 Å². The maximum Gasteiger partial charge on any atom is 0.143 e. The smallest absolute Gasteiger partial charge is 0.143 e. The van der Waals surface area contributed by atoms with Crippen LogP contribution in [0.4, 0.5) is 5.69 Å². The summed E-state index contributed by atoms with van der Waals surface area (Å²) in [4.78, 5) is 0. The molecule has 0 fully saturated rings. The van der Waals surface area contributed by atoms with Crippen molar-refractivity contribution in [2.24, 2.45) is 0 Å². The number of ether oxygens (including phenoxy) is 2. The highest BCUT2D eigenvalue weighted by atomic mass is 16.5. The van der Waals surface area contributed by atoms with Crippen molar-refractivity contribution in [2.75, 3.05) is 12.3 Å². The van der Waals surface area contributed by atoms with Gasteiger partial charge in [0.05, 0.1) is 6.61 Å². The third-order valence-electron chi connectivity index (χ3n) is 7.60. The Morgan fingerprint density at radius 3 is 1.54 bits per heavy atom. The van der Waals surface area contributed by atoms with Crippen molar-refractivity contribution in [3.05, 3.63) is 179 Å². The van der Waals surface area contributed by atoms with Crippen LogP contribution < -0.4 is 10.5 Å². The van der Waals surface area contributed by atoms with Gasteiger partial charge in [-0.2, -0.15) is 0 Å². The molecule has 0 saturated carbocycles. The van der Waals surface area contributed by atoms with Gasteiger partial charge in [0.25, 0.3) is 0 Å². The minimum atomic E-state index is -0.771. The Hall–Kier alpha value is -4.86. The molecule has 202 valence electrons. The lowest BCUT2D eigenvalue weighted by Gasteiger charge is -2.36. The fourth-order valence-electron chi connectivity index (χ4n) is 5.63. The van der Waals surface area contributed by atoms with E-state index in [-0.39, 0.29) is 0 Å². The molecule has 0 amide bonds. The normalized spacial score (nSPS) is 11.4. The lowest BCUT2D eigenvalue weighted by atomic mass is 9.80. The van der Waals surface area contributed by atoms with Gasteiger partial charge in [0, 0.05) is 17.1 Å². The topological polar surface area (TPSA) is 44.5 Å². The van der Waals surface area contributed by atoms with E-state index >= 15 is 0 Å². The second-order valence-corrected chi connectivity index (χ2v) is 10.1. The zero-order valence-electron chi connectivity index (χ0n) is 22.9. The van der Waals surface area contributed by atoms with Crippen molar-refractivity contribution in [2.45, 2.75) is 18.6 Å². The van der Waals surface area contributed by atoms with Crippen molar-refractivity contribution in [3.63, 3.8) is 0 Å². The highest BCUT2D eigenvalue weighted by molar-refractivity contribution is 5.94. The van der Waals surface area contributed by atoms with Crippen molar-refractivity contribution in [1.82, 2.24) is 0 Å². The van der Waals surface area contributed by atoms with Crippen LogP contribution in [0.3, 0.4) is 0 Å². The van der Waals surface area contributed by atoms with Crippen LogP contribution in [0.1, 0.15) is 27.8 Å². The van der Waals surface area contributed by atoms with Crippen molar-refractivity contribution < 1.29 is 9.47 Å². The molecule has 0 heterocycles. The lowest BCUT2D eigenvalue weighted by Crippen LogP contribution is -2.33. The summed E-state index contributed by atoms with van der Waals surface area (Å²) in [6.45, 7) is 0.956. The number of benzene rings is 6. The Morgan fingerprint density at radius 2 is 1.00 bits per heavy atom. The summed E-state index contributed by atoms with van der Waals surface area (Å²) in [5, 5.41) is 2.14. The maximum absolute atomic E-state index is 7.04. The molecular weight excluding hydrogens is 502 g/mol. The Morgan fingerprint density at radius 1 is 0.537 bits per heavy atom. The van der Waals surface area contributed by atoms with Crippen LogP contribution in [0, 0.1) is 0 Å². The van der Waals surface area contributed by atoms with E-state index in [1.54, 1.807) is 0 Å². The monoisotopic (exact) mass is 535 g/mol. The predicted octanol–water partition coefficient (Wildman–Crippen LogP) is 8.55. The van der Waals surface area contributed by atoms with Gasteiger partial charge in [0.15, 0.2) is 0 Å². The molecule has 3 nitrogen and oxygen atoms in total. The van der Waals surface area contributed by atoms with Gasteiger partial charge in [-0.15, -0.1) is 0 Å². The standard InChI is InChI=1S/C38H33NO2/c39-36-27-37(40-28-29-15-5-1-6-16-29)35-24-14-13-23-33(35)34(36)25-26-41-38(30-17-7-2-8-18-30,31-19-9-3-10-20-31)32-21-11-4-12-22-32/h1-24,27H,25-26,28,39H2. The molecule has 0 spiro atoms. The number of fused-ring (bicyclic) bond motifs is 1. The average molecular weight is 536 g/mol. The summed E-state index contributed by atoms with van der Waals surface area (Å²) in [5.41, 5.74) is 12.1. The minimum Gasteiger partial charge on any atom is -0.488 e.